The van der Waals surface area contributed by atoms with E-state index in [0.29, 0.717) is 6.04 Å². The molecule has 0 aromatic heterocycles. The largest absolute Gasteiger partial charge is 0.370 e. The summed E-state index contributed by atoms with van der Waals surface area (Å²) in [6.07, 6.45) is 6.24. The summed E-state index contributed by atoms with van der Waals surface area (Å²) >= 11 is 0. The van der Waals surface area contributed by atoms with Gasteiger partial charge in [-0.25, -0.2) is 0 Å². The molecule has 0 heterocycles. The lowest BCUT2D eigenvalue weighted by atomic mass is 10.1. The van der Waals surface area contributed by atoms with Gasteiger partial charge in [0.1, 0.15) is 0 Å². The summed E-state index contributed by atoms with van der Waals surface area (Å²) in [4.78, 5) is 6.53. The molecule has 4 heteroatoms. The maximum atomic E-state index is 5.28. The SMILES string of the molecule is CC[C@H](CCCN=C(N)N)N(C)C1CC1. The van der Waals surface area contributed by atoms with E-state index in [1.165, 1.54) is 25.7 Å². The fourth-order valence-electron chi connectivity index (χ4n) is 2.01. The molecule has 0 aromatic carbocycles. The van der Waals surface area contributed by atoms with Crippen LogP contribution in [0.15, 0.2) is 4.99 Å². The zero-order chi connectivity index (χ0) is 11.3. The normalized spacial score (nSPS) is 17.8. The van der Waals surface area contributed by atoms with Gasteiger partial charge >= 0.3 is 0 Å². The smallest absolute Gasteiger partial charge is 0.185 e. The van der Waals surface area contributed by atoms with Gasteiger partial charge in [-0.15, -0.1) is 0 Å². The number of hydrogen-bond donors (Lipinski definition) is 2. The third kappa shape index (κ3) is 4.51. The van der Waals surface area contributed by atoms with Crippen molar-refractivity contribution in [1.82, 2.24) is 4.90 Å². The van der Waals surface area contributed by atoms with E-state index in [1.54, 1.807) is 0 Å². The molecular formula is C11H24N4. The Kier molecular flexibility index (Phi) is 4.88. The topological polar surface area (TPSA) is 67.6 Å². The third-order valence-corrected chi connectivity index (χ3v) is 3.16. The molecule has 1 aliphatic rings. The number of aliphatic imine (C=N–C) groups is 1. The highest BCUT2D eigenvalue weighted by Gasteiger charge is 2.29. The average Bonchev–Trinajstić information content (AvgIpc) is 3.00. The number of rotatable bonds is 7. The van der Waals surface area contributed by atoms with Crippen molar-refractivity contribution in [1.29, 1.82) is 0 Å². The van der Waals surface area contributed by atoms with Gasteiger partial charge in [-0.05, 0) is 39.2 Å². The third-order valence-electron chi connectivity index (χ3n) is 3.16. The van der Waals surface area contributed by atoms with Crippen LogP contribution < -0.4 is 11.5 Å². The summed E-state index contributed by atoms with van der Waals surface area (Å²) in [7, 11) is 2.24. The average molecular weight is 212 g/mol. The number of nitrogens with zero attached hydrogens (tertiary/aromatic N) is 2. The molecule has 15 heavy (non-hydrogen) atoms. The highest BCUT2D eigenvalue weighted by molar-refractivity contribution is 5.75. The van der Waals surface area contributed by atoms with Gasteiger partial charge < -0.3 is 16.4 Å². The van der Waals surface area contributed by atoms with Gasteiger partial charge in [0.2, 0.25) is 0 Å². The van der Waals surface area contributed by atoms with Gasteiger partial charge in [-0.1, -0.05) is 6.92 Å². The second-order valence-corrected chi connectivity index (χ2v) is 4.41. The highest BCUT2D eigenvalue weighted by atomic mass is 15.2. The van der Waals surface area contributed by atoms with Crippen LogP contribution in [0.4, 0.5) is 0 Å². The van der Waals surface area contributed by atoms with Crippen molar-refractivity contribution < 1.29 is 0 Å². The molecule has 0 spiro atoms. The van der Waals surface area contributed by atoms with Gasteiger partial charge in [0, 0.05) is 18.6 Å². The summed E-state index contributed by atoms with van der Waals surface area (Å²) in [6.45, 7) is 3.02. The minimum absolute atomic E-state index is 0.207. The van der Waals surface area contributed by atoms with Crippen LogP contribution >= 0.6 is 0 Å². The molecule has 0 radical (unpaired) electrons. The van der Waals surface area contributed by atoms with Crippen molar-refractivity contribution in [3.8, 4) is 0 Å². The Labute approximate surface area is 92.7 Å². The summed E-state index contributed by atoms with van der Waals surface area (Å²) in [5.74, 6) is 0.207. The van der Waals surface area contributed by atoms with Gasteiger partial charge in [0.15, 0.2) is 5.96 Å². The molecule has 1 atom stereocenters. The second-order valence-electron chi connectivity index (χ2n) is 4.41. The highest BCUT2D eigenvalue weighted by Crippen LogP contribution is 2.29. The standard InChI is InChI=1S/C11H24N4/c1-3-9(15(2)10-6-7-10)5-4-8-14-11(12)13/h9-10H,3-8H2,1-2H3,(H4,12,13,14)/t9-/m1/s1. The fraction of sp³-hybridized carbons (Fsp3) is 0.909. The van der Waals surface area contributed by atoms with Crippen LogP contribution in [0.1, 0.15) is 39.0 Å². The maximum absolute atomic E-state index is 5.28. The zero-order valence-corrected chi connectivity index (χ0v) is 9.95. The Hall–Kier alpha value is -0.770. The van der Waals surface area contributed by atoms with E-state index < -0.39 is 0 Å². The fourth-order valence-corrected chi connectivity index (χ4v) is 2.01. The van der Waals surface area contributed by atoms with E-state index in [4.69, 9.17) is 11.5 Å². The monoisotopic (exact) mass is 212 g/mol. The summed E-state index contributed by atoms with van der Waals surface area (Å²) in [5.41, 5.74) is 10.6. The van der Waals surface area contributed by atoms with Crippen LogP contribution in [-0.4, -0.2) is 36.5 Å². The first-order chi connectivity index (χ1) is 7.15. The van der Waals surface area contributed by atoms with E-state index in [-0.39, 0.29) is 5.96 Å². The molecule has 1 fully saturated rings. The molecule has 1 saturated carbocycles. The van der Waals surface area contributed by atoms with Gasteiger partial charge in [-0.3, -0.25) is 4.99 Å². The molecule has 4 N–H and O–H groups in total. The van der Waals surface area contributed by atoms with E-state index in [2.05, 4.69) is 23.9 Å². The second kappa shape index (κ2) is 5.95. The molecule has 1 aliphatic carbocycles. The molecule has 0 saturated heterocycles. The van der Waals surface area contributed by atoms with E-state index in [0.717, 1.165) is 19.0 Å². The number of nitrogens with two attached hydrogens (primary N) is 2. The molecule has 0 amide bonds. The van der Waals surface area contributed by atoms with Crippen molar-refractivity contribution in [3.05, 3.63) is 0 Å². The number of guanidine groups is 1. The van der Waals surface area contributed by atoms with E-state index >= 15 is 0 Å². The van der Waals surface area contributed by atoms with E-state index in [1.807, 2.05) is 0 Å². The summed E-state index contributed by atoms with van der Waals surface area (Å²) in [5, 5.41) is 0. The molecular weight excluding hydrogens is 188 g/mol. The Morgan fingerprint density at radius 2 is 2.13 bits per heavy atom. The first kappa shape index (κ1) is 12.3. The first-order valence-electron chi connectivity index (χ1n) is 5.92. The van der Waals surface area contributed by atoms with E-state index in [9.17, 15) is 0 Å². The first-order valence-corrected chi connectivity index (χ1v) is 5.92. The summed E-state index contributed by atoms with van der Waals surface area (Å²) < 4.78 is 0. The summed E-state index contributed by atoms with van der Waals surface area (Å²) in [6, 6.07) is 1.55. The van der Waals surface area contributed by atoms with Crippen molar-refractivity contribution in [2.75, 3.05) is 13.6 Å². The Bertz CT molecular complexity index is 207. The van der Waals surface area contributed by atoms with Crippen molar-refractivity contribution in [2.45, 2.75) is 51.1 Å². The van der Waals surface area contributed by atoms with Crippen molar-refractivity contribution in [2.24, 2.45) is 16.5 Å². The lowest BCUT2D eigenvalue weighted by molar-refractivity contribution is 0.212. The van der Waals surface area contributed by atoms with Gasteiger partial charge in [0.05, 0.1) is 0 Å². The molecule has 4 nitrogen and oxygen atoms in total. The minimum Gasteiger partial charge on any atom is -0.370 e. The zero-order valence-electron chi connectivity index (χ0n) is 9.95. The van der Waals surface area contributed by atoms with Crippen LogP contribution in [-0.2, 0) is 0 Å². The van der Waals surface area contributed by atoms with Crippen molar-refractivity contribution in [3.63, 3.8) is 0 Å². The van der Waals surface area contributed by atoms with Gasteiger partial charge in [0.25, 0.3) is 0 Å². The lowest BCUT2D eigenvalue weighted by Crippen LogP contribution is -2.33. The number of hydrogen-bond acceptors (Lipinski definition) is 2. The van der Waals surface area contributed by atoms with Crippen LogP contribution in [0.5, 0.6) is 0 Å². The molecule has 0 unspecified atom stereocenters. The van der Waals surface area contributed by atoms with Crippen molar-refractivity contribution >= 4 is 5.96 Å². The van der Waals surface area contributed by atoms with Crippen LogP contribution in [0.2, 0.25) is 0 Å². The molecule has 1 rings (SSSR count). The Morgan fingerprint density at radius 1 is 1.47 bits per heavy atom. The predicted octanol–water partition coefficient (Wildman–Crippen LogP) is 0.913. The quantitative estimate of drug-likeness (QED) is 0.374. The predicted molar refractivity (Wildman–Crippen MR) is 64.8 cm³/mol. The van der Waals surface area contributed by atoms with Crippen LogP contribution in [0.3, 0.4) is 0 Å². The Morgan fingerprint density at radius 3 is 2.60 bits per heavy atom. The molecule has 88 valence electrons. The Balaban J connectivity index is 2.18. The van der Waals surface area contributed by atoms with Crippen LogP contribution in [0, 0.1) is 0 Å². The van der Waals surface area contributed by atoms with Gasteiger partial charge in [-0.2, -0.15) is 0 Å². The minimum atomic E-state index is 0.207. The molecule has 0 bridgehead atoms. The molecule has 0 aromatic rings. The maximum Gasteiger partial charge on any atom is 0.185 e. The molecule has 0 aliphatic heterocycles. The van der Waals surface area contributed by atoms with Crippen LogP contribution in [0.25, 0.3) is 0 Å². The lowest BCUT2D eigenvalue weighted by Gasteiger charge is -2.26.